The van der Waals surface area contributed by atoms with Crippen molar-refractivity contribution in [2.45, 2.75) is 89.9 Å². The van der Waals surface area contributed by atoms with Gasteiger partial charge in [-0.1, -0.05) is 50.0 Å². The van der Waals surface area contributed by atoms with Gasteiger partial charge in [0.15, 0.2) is 0 Å². The molecule has 4 heteroatoms. The fourth-order valence-electron chi connectivity index (χ4n) is 6.26. The summed E-state index contributed by atoms with van der Waals surface area (Å²) >= 11 is 0. The molecule has 0 radical (unpaired) electrons. The minimum absolute atomic E-state index is 0.256. The summed E-state index contributed by atoms with van der Waals surface area (Å²) in [5, 5.41) is 39.3. The van der Waals surface area contributed by atoms with Crippen LogP contribution in [0, 0.1) is 35.0 Å². The van der Waals surface area contributed by atoms with Crippen LogP contribution in [0.25, 0.3) is 0 Å². The topological polar surface area (TPSA) is 80.9 Å². The molecule has 0 aromatic heterocycles. The van der Waals surface area contributed by atoms with E-state index < -0.39 is 17.8 Å². The molecule has 0 bridgehead atoms. The number of hydrogen-bond donors (Lipinski definition) is 4. The second-order valence-electron chi connectivity index (χ2n) is 10.6. The first-order chi connectivity index (χ1) is 14.6. The molecule has 0 amide bonds. The maximum absolute atomic E-state index is 10.1. The molecule has 4 N–H and O–H groups in total. The highest BCUT2D eigenvalue weighted by atomic mass is 16.3. The van der Waals surface area contributed by atoms with Gasteiger partial charge in [-0.3, -0.25) is 0 Å². The van der Waals surface area contributed by atoms with Crippen molar-refractivity contribution < 1.29 is 20.4 Å². The molecule has 3 aliphatic carbocycles. The second kappa shape index (κ2) is 9.63. The van der Waals surface area contributed by atoms with Gasteiger partial charge in [0.25, 0.3) is 0 Å². The first kappa shape index (κ1) is 24.3. The number of rotatable bonds is 4. The summed E-state index contributed by atoms with van der Waals surface area (Å²) in [4.78, 5) is 0. The van der Waals surface area contributed by atoms with E-state index in [1.807, 2.05) is 0 Å². The predicted molar refractivity (Wildman–Crippen MR) is 124 cm³/mol. The quantitative estimate of drug-likeness (QED) is 0.512. The van der Waals surface area contributed by atoms with E-state index in [1.165, 1.54) is 31.3 Å². The lowest BCUT2D eigenvalue weighted by molar-refractivity contribution is 0.0516. The third-order valence-electron chi connectivity index (χ3n) is 8.08. The molecule has 3 fully saturated rings. The molecule has 172 valence electrons. The smallest absolute Gasteiger partial charge is 0.145 e. The highest BCUT2D eigenvalue weighted by Crippen LogP contribution is 2.59. The van der Waals surface area contributed by atoms with Gasteiger partial charge >= 0.3 is 0 Å². The maximum atomic E-state index is 10.1. The zero-order valence-corrected chi connectivity index (χ0v) is 19.4. The van der Waals surface area contributed by atoms with Crippen molar-refractivity contribution in [2.75, 3.05) is 6.61 Å². The van der Waals surface area contributed by atoms with Crippen molar-refractivity contribution in [1.29, 1.82) is 0 Å². The van der Waals surface area contributed by atoms with Crippen LogP contribution in [0.1, 0.15) is 72.1 Å². The van der Waals surface area contributed by atoms with E-state index in [1.54, 1.807) is 6.92 Å². The van der Waals surface area contributed by atoms with Crippen LogP contribution in [-0.2, 0) is 0 Å². The Labute approximate surface area is 187 Å². The summed E-state index contributed by atoms with van der Waals surface area (Å²) in [5.74, 6) is 7.53. The molecule has 3 rings (SSSR count). The van der Waals surface area contributed by atoms with E-state index in [0.717, 1.165) is 24.0 Å². The molecule has 0 heterocycles. The summed E-state index contributed by atoms with van der Waals surface area (Å²) in [7, 11) is 0. The summed E-state index contributed by atoms with van der Waals surface area (Å²) in [5.41, 5.74) is 2.15. The van der Waals surface area contributed by atoms with E-state index in [9.17, 15) is 20.4 Å². The van der Waals surface area contributed by atoms with Crippen molar-refractivity contribution in [3.8, 4) is 11.8 Å². The van der Waals surface area contributed by atoms with Crippen LogP contribution in [-0.4, -0.2) is 44.8 Å². The van der Waals surface area contributed by atoms with Gasteiger partial charge in [-0.05, 0) is 79.8 Å². The van der Waals surface area contributed by atoms with Gasteiger partial charge in [0.1, 0.15) is 5.60 Å². The highest BCUT2D eigenvalue weighted by molar-refractivity contribution is 5.38. The van der Waals surface area contributed by atoms with Crippen molar-refractivity contribution >= 4 is 0 Å². The molecule has 0 saturated heterocycles. The van der Waals surface area contributed by atoms with Crippen molar-refractivity contribution in [3.63, 3.8) is 0 Å². The predicted octanol–water partition coefficient (Wildman–Crippen LogP) is 3.90. The lowest BCUT2D eigenvalue weighted by atomic mass is 9.61. The third-order valence-corrected chi connectivity index (χ3v) is 8.08. The van der Waals surface area contributed by atoms with Crippen LogP contribution < -0.4 is 0 Å². The molecule has 0 aromatic carbocycles. The van der Waals surface area contributed by atoms with Crippen molar-refractivity contribution in [2.24, 2.45) is 23.2 Å². The SMILES string of the molecule is C=C1/C(=C/C=C2/CCC[C@]3(C)[C@@H]([C@H](C)CC#C[C@](C)(O)CO)CC[C@@H]23)C[C@@H](O)C[C@@H]1O. The molecule has 0 spiro atoms. The summed E-state index contributed by atoms with van der Waals surface area (Å²) in [6, 6.07) is 0. The van der Waals surface area contributed by atoms with Crippen LogP contribution in [0.3, 0.4) is 0 Å². The molecular formula is C27H40O4. The maximum Gasteiger partial charge on any atom is 0.145 e. The molecule has 4 nitrogen and oxygen atoms in total. The van der Waals surface area contributed by atoms with Crippen molar-refractivity contribution in [3.05, 3.63) is 35.5 Å². The Hall–Kier alpha value is -1.38. The Morgan fingerprint density at radius 3 is 2.74 bits per heavy atom. The Balaban J connectivity index is 1.74. The average Bonchev–Trinajstić information content (AvgIpc) is 3.07. The Morgan fingerprint density at radius 2 is 2.03 bits per heavy atom. The Bertz CT molecular complexity index is 796. The molecule has 3 saturated carbocycles. The number of fused-ring (bicyclic) bond motifs is 1. The van der Waals surface area contributed by atoms with E-state index in [0.29, 0.717) is 30.6 Å². The van der Waals surface area contributed by atoms with Crippen LogP contribution in [0.5, 0.6) is 0 Å². The fourth-order valence-corrected chi connectivity index (χ4v) is 6.26. The van der Waals surface area contributed by atoms with Crippen molar-refractivity contribution in [1.82, 2.24) is 0 Å². The largest absolute Gasteiger partial charge is 0.393 e. The van der Waals surface area contributed by atoms with E-state index in [2.05, 4.69) is 44.4 Å². The second-order valence-corrected chi connectivity index (χ2v) is 10.6. The monoisotopic (exact) mass is 428 g/mol. The summed E-state index contributed by atoms with van der Waals surface area (Å²) < 4.78 is 0. The lowest BCUT2D eigenvalue weighted by Crippen LogP contribution is -2.36. The first-order valence-corrected chi connectivity index (χ1v) is 11.9. The number of aliphatic hydroxyl groups excluding tert-OH is 3. The Kier molecular flexibility index (Phi) is 7.54. The molecule has 0 unspecified atom stereocenters. The molecule has 31 heavy (non-hydrogen) atoms. The van der Waals surface area contributed by atoms with Gasteiger partial charge in [0.2, 0.25) is 0 Å². The van der Waals surface area contributed by atoms with Crippen LogP contribution in [0.2, 0.25) is 0 Å². The minimum atomic E-state index is -1.32. The lowest BCUT2D eigenvalue weighted by Gasteiger charge is -2.44. The standard InChI is InChI=1S/C27H40O4/c1-18(7-5-13-26(3,31)17-28)23-11-12-24-20(8-6-14-27(23,24)4)9-10-21-15-22(29)16-25(30)19(21)2/h9-10,18,22-25,28-31H,2,6-8,11-12,14-17H2,1,3-4H3/b20-9-,21-10+/t18-,22-,23-,24+,25+,26+,27-/m1/s1. The molecule has 0 aromatic rings. The van der Waals surface area contributed by atoms with E-state index in [-0.39, 0.29) is 12.0 Å². The number of hydrogen-bond acceptors (Lipinski definition) is 4. The van der Waals surface area contributed by atoms with Gasteiger partial charge in [-0.15, -0.1) is 0 Å². The minimum Gasteiger partial charge on any atom is -0.393 e. The van der Waals surface area contributed by atoms with Crippen LogP contribution in [0.4, 0.5) is 0 Å². The fraction of sp³-hybridized carbons (Fsp3) is 0.704. The third kappa shape index (κ3) is 5.34. The van der Waals surface area contributed by atoms with Gasteiger partial charge in [-0.25, -0.2) is 0 Å². The van der Waals surface area contributed by atoms with E-state index >= 15 is 0 Å². The van der Waals surface area contributed by atoms with Crippen LogP contribution >= 0.6 is 0 Å². The van der Waals surface area contributed by atoms with E-state index in [4.69, 9.17) is 0 Å². The summed E-state index contributed by atoms with van der Waals surface area (Å²) in [6.07, 6.45) is 10.8. The normalized spacial score (nSPS) is 39.0. The Morgan fingerprint density at radius 1 is 1.29 bits per heavy atom. The zero-order chi connectivity index (χ0) is 22.8. The first-order valence-electron chi connectivity index (χ1n) is 11.9. The van der Waals surface area contributed by atoms with Crippen LogP contribution in [0.15, 0.2) is 35.5 Å². The molecular weight excluding hydrogens is 388 g/mol. The average molecular weight is 429 g/mol. The molecule has 3 aliphatic rings. The van der Waals surface area contributed by atoms with Gasteiger partial charge in [0, 0.05) is 12.8 Å². The van der Waals surface area contributed by atoms with Gasteiger partial charge in [0.05, 0.1) is 18.8 Å². The number of aliphatic hydroxyl groups is 4. The molecule has 7 atom stereocenters. The molecule has 0 aliphatic heterocycles. The number of allylic oxidation sites excluding steroid dienone is 3. The highest BCUT2D eigenvalue weighted by Gasteiger charge is 2.50. The van der Waals surface area contributed by atoms with Gasteiger partial charge in [-0.2, -0.15) is 0 Å². The van der Waals surface area contributed by atoms with Gasteiger partial charge < -0.3 is 20.4 Å². The zero-order valence-electron chi connectivity index (χ0n) is 19.4. The summed E-state index contributed by atoms with van der Waals surface area (Å²) in [6.45, 7) is 9.95.